The molecule has 0 aliphatic heterocycles. The quantitative estimate of drug-likeness (QED) is 0.490. The Morgan fingerprint density at radius 1 is 1.03 bits per heavy atom. The van der Waals surface area contributed by atoms with Gasteiger partial charge in [0.2, 0.25) is 0 Å². The number of thiophene rings is 1. The van der Waals surface area contributed by atoms with Crippen LogP contribution in [0.25, 0.3) is 10.9 Å². The Labute approximate surface area is 184 Å². The highest BCUT2D eigenvalue weighted by Gasteiger charge is 2.21. The Hall–Kier alpha value is -2.11. The molecule has 0 amide bonds. The Kier molecular flexibility index (Phi) is 6.90. The highest BCUT2D eigenvalue weighted by atomic mass is 32.1. The third kappa shape index (κ3) is 5.13. The summed E-state index contributed by atoms with van der Waals surface area (Å²) >= 11 is 1.94. The summed E-state index contributed by atoms with van der Waals surface area (Å²) in [7, 11) is 4.20. The van der Waals surface area contributed by atoms with Gasteiger partial charge in [0.25, 0.3) is 0 Å². The van der Waals surface area contributed by atoms with Crippen LogP contribution in [-0.2, 0) is 13.0 Å². The zero-order chi connectivity index (χ0) is 20.9. The van der Waals surface area contributed by atoms with Gasteiger partial charge in [0.15, 0.2) is 0 Å². The lowest BCUT2D eigenvalue weighted by atomic mass is 9.86. The van der Waals surface area contributed by atoms with Crippen LogP contribution in [0.3, 0.4) is 0 Å². The van der Waals surface area contributed by atoms with Crippen molar-refractivity contribution in [3.05, 3.63) is 52.2 Å². The van der Waals surface area contributed by atoms with E-state index >= 15 is 0 Å². The molecule has 2 aromatic heterocycles. The number of hydrogen-bond donors (Lipinski definition) is 2. The summed E-state index contributed by atoms with van der Waals surface area (Å²) in [6.45, 7) is 4.37. The Balaban J connectivity index is 1.28. The second-order valence-corrected chi connectivity index (χ2v) is 9.91. The number of hydrogen-bond acceptors (Lipinski definition) is 5. The second-order valence-electron chi connectivity index (χ2n) is 8.65. The normalized spacial score (nSPS) is 19.2. The summed E-state index contributed by atoms with van der Waals surface area (Å²) in [5, 5.41) is 8.62. The molecule has 1 aliphatic carbocycles. The SMILES string of the molecule is CCc1ccc(CNC[C@H]2CC[C@@H](Nc3cc(N(C)C)c4ccccc4n3)CC2)s1. The molecular weight excluding hydrogens is 388 g/mol. The molecule has 1 fully saturated rings. The minimum Gasteiger partial charge on any atom is -0.377 e. The number of para-hydroxylation sites is 1. The van der Waals surface area contributed by atoms with Gasteiger partial charge < -0.3 is 15.5 Å². The summed E-state index contributed by atoms with van der Waals surface area (Å²) < 4.78 is 0. The maximum absolute atomic E-state index is 4.87. The summed E-state index contributed by atoms with van der Waals surface area (Å²) in [4.78, 5) is 9.99. The molecule has 4 rings (SSSR count). The van der Waals surface area contributed by atoms with E-state index in [-0.39, 0.29) is 0 Å². The first-order valence-corrected chi connectivity index (χ1v) is 12.1. The number of fused-ring (bicyclic) bond motifs is 1. The Morgan fingerprint density at radius 2 is 1.80 bits per heavy atom. The molecular formula is C25H34N4S. The van der Waals surface area contributed by atoms with Gasteiger partial charge in [-0.2, -0.15) is 0 Å². The zero-order valence-corrected chi connectivity index (χ0v) is 19.3. The molecule has 1 saturated carbocycles. The van der Waals surface area contributed by atoms with E-state index < -0.39 is 0 Å². The van der Waals surface area contributed by atoms with E-state index in [4.69, 9.17) is 4.98 Å². The molecule has 5 heteroatoms. The van der Waals surface area contributed by atoms with Crippen molar-refractivity contribution in [2.75, 3.05) is 30.9 Å². The van der Waals surface area contributed by atoms with E-state index in [0.717, 1.165) is 36.8 Å². The minimum absolute atomic E-state index is 0.523. The number of aromatic nitrogens is 1. The second kappa shape index (κ2) is 9.80. The van der Waals surface area contributed by atoms with Crippen LogP contribution in [0.15, 0.2) is 42.5 Å². The molecule has 0 radical (unpaired) electrons. The molecule has 30 heavy (non-hydrogen) atoms. The summed E-state index contributed by atoms with van der Waals surface area (Å²) in [6, 6.07) is 15.7. The van der Waals surface area contributed by atoms with Crippen LogP contribution in [0.4, 0.5) is 11.5 Å². The first-order valence-electron chi connectivity index (χ1n) is 11.2. The molecule has 1 aliphatic rings. The number of rotatable bonds is 8. The summed E-state index contributed by atoms with van der Waals surface area (Å²) in [6.07, 6.45) is 6.14. The van der Waals surface area contributed by atoms with Gasteiger partial charge in [0.1, 0.15) is 5.82 Å². The fourth-order valence-corrected chi connectivity index (χ4v) is 5.36. The average Bonchev–Trinajstić information content (AvgIpc) is 3.22. The van der Waals surface area contributed by atoms with Crippen LogP contribution in [0, 0.1) is 5.92 Å². The van der Waals surface area contributed by atoms with Gasteiger partial charge in [-0.1, -0.05) is 25.1 Å². The lowest BCUT2D eigenvalue weighted by Crippen LogP contribution is -2.31. The van der Waals surface area contributed by atoms with Gasteiger partial charge in [-0.3, -0.25) is 0 Å². The smallest absolute Gasteiger partial charge is 0.128 e. The fourth-order valence-electron chi connectivity index (χ4n) is 4.43. The molecule has 2 N–H and O–H groups in total. The number of benzene rings is 1. The third-order valence-corrected chi connectivity index (χ3v) is 7.40. The van der Waals surface area contributed by atoms with E-state index in [0.29, 0.717) is 6.04 Å². The van der Waals surface area contributed by atoms with Gasteiger partial charge in [0.05, 0.1) is 5.52 Å². The molecule has 0 atom stereocenters. The predicted octanol–water partition coefficient (Wildman–Crippen LogP) is 5.69. The predicted molar refractivity (Wildman–Crippen MR) is 131 cm³/mol. The molecule has 2 heterocycles. The van der Waals surface area contributed by atoms with Gasteiger partial charge in [0, 0.05) is 53.6 Å². The van der Waals surface area contributed by atoms with E-state index in [9.17, 15) is 0 Å². The molecule has 1 aromatic carbocycles. The maximum atomic E-state index is 4.87. The van der Waals surface area contributed by atoms with Crippen molar-refractivity contribution in [3.63, 3.8) is 0 Å². The van der Waals surface area contributed by atoms with Crippen LogP contribution < -0.4 is 15.5 Å². The van der Waals surface area contributed by atoms with Crippen LogP contribution in [0.2, 0.25) is 0 Å². The Morgan fingerprint density at radius 3 is 2.53 bits per heavy atom. The number of pyridine rings is 1. The molecule has 0 saturated heterocycles. The van der Waals surface area contributed by atoms with E-state index in [1.165, 1.54) is 46.5 Å². The lowest BCUT2D eigenvalue weighted by Gasteiger charge is -2.30. The van der Waals surface area contributed by atoms with Crippen LogP contribution in [0.1, 0.15) is 42.4 Å². The van der Waals surface area contributed by atoms with Crippen LogP contribution in [-0.4, -0.2) is 31.7 Å². The molecule has 4 nitrogen and oxygen atoms in total. The van der Waals surface area contributed by atoms with Gasteiger partial charge >= 0.3 is 0 Å². The molecule has 0 unspecified atom stereocenters. The van der Waals surface area contributed by atoms with E-state index in [1.54, 1.807) is 0 Å². The molecule has 160 valence electrons. The number of aryl methyl sites for hydroxylation is 1. The number of nitrogens with one attached hydrogen (secondary N) is 2. The van der Waals surface area contributed by atoms with Crippen molar-refractivity contribution in [1.29, 1.82) is 0 Å². The van der Waals surface area contributed by atoms with E-state index in [1.807, 2.05) is 11.3 Å². The van der Waals surface area contributed by atoms with E-state index in [2.05, 4.69) is 79.0 Å². The van der Waals surface area contributed by atoms with Crippen molar-refractivity contribution < 1.29 is 0 Å². The largest absolute Gasteiger partial charge is 0.377 e. The highest BCUT2D eigenvalue weighted by molar-refractivity contribution is 7.11. The van der Waals surface area contributed by atoms with Gasteiger partial charge in [-0.25, -0.2) is 4.98 Å². The number of nitrogens with zero attached hydrogens (tertiary/aromatic N) is 2. The van der Waals surface area contributed by atoms with Gasteiger partial charge in [-0.15, -0.1) is 11.3 Å². The first-order chi connectivity index (χ1) is 14.6. The standard InChI is InChI=1S/C25H34N4S/c1-4-20-13-14-21(30-20)17-26-16-18-9-11-19(12-10-18)27-25-15-24(29(2)3)22-7-5-6-8-23(22)28-25/h5-8,13-15,18-19,26H,4,9-12,16-17H2,1-3H3,(H,27,28)/t18-,19+. The van der Waals surface area contributed by atoms with Crippen molar-refractivity contribution >= 4 is 33.7 Å². The fraction of sp³-hybridized carbons (Fsp3) is 0.480. The highest BCUT2D eigenvalue weighted by Crippen LogP contribution is 2.30. The monoisotopic (exact) mass is 422 g/mol. The van der Waals surface area contributed by atoms with Crippen molar-refractivity contribution in [3.8, 4) is 0 Å². The van der Waals surface area contributed by atoms with Crippen LogP contribution >= 0.6 is 11.3 Å². The van der Waals surface area contributed by atoms with Crippen LogP contribution in [0.5, 0.6) is 0 Å². The lowest BCUT2D eigenvalue weighted by molar-refractivity contribution is 0.324. The average molecular weight is 423 g/mol. The molecule has 3 aromatic rings. The Bertz CT molecular complexity index is 957. The topological polar surface area (TPSA) is 40.2 Å². The van der Waals surface area contributed by atoms with Crippen molar-refractivity contribution in [2.24, 2.45) is 5.92 Å². The maximum Gasteiger partial charge on any atom is 0.128 e. The van der Waals surface area contributed by atoms with Gasteiger partial charge in [-0.05, 0) is 62.8 Å². The third-order valence-electron chi connectivity index (χ3n) is 6.17. The molecule has 0 bridgehead atoms. The van der Waals surface area contributed by atoms with Crippen molar-refractivity contribution in [2.45, 2.75) is 51.6 Å². The zero-order valence-electron chi connectivity index (χ0n) is 18.4. The molecule has 0 spiro atoms. The summed E-state index contributed by atoms with van der Waals surface area (Å²) in [5.74, 6) is 1.79. The first kappa shape index (κ1) is 21.1. The minimum atomic E-state index is 0.523. The van der Waals surface area contributed by atoms with Crippen molar-refractivity contribution in [1.82, 2.24) is 10.3 Å². The number of anilines is 2. The summed E-state index contributed by atoms with van der Waals surface area (Å²) in [5.41, 5.74) is 2.28.